The summed E-state index contributed by atoms with van der Waals surface area (Å²) < 4.78 is 50.1. The predicted octanol–water partition coefficient (Wildman–Crippen LogP) is 7.41. The third-order valence-corrected chi connectivity index (χ3v) is 16.8. The number of pyridine rings is 1. The van der Waals surface area contributed by atoms with Crippen molar-refractivity contribution in [3.05, 3.63) is 98.7 Å². The van der Waals surface area contributed by atoms with Gasteiger partial charge in [0.15, 0.2) is 11.4 Å². The normalized spacial score (nSPS) is 23.6. The number of sulfone groups is 1. The Morgan fingerprint density at radius 2 is 1.83 bits per heavy atom. The van der Waals surface area contributed by atoms with E-state index in [0.29, 0.717) is 61.4 Å². The summed E-state index contributed by atoms with van der Waals surface area (Å²) in [5.41, 5.74) is 11.3. The number of halogens is 1. The number of aromatic nitrogens is 2. The molecule has 17 nitrogen and oxygen atoms in total. The number of hydrogen-bond donors (Lipinski definition) is 3. The first-order valence-corrected chi connectivity index (χ1v) is 25.6. The number of ether oxygens (including phenoxy) is 3. The van der Waals surface area contributed by atoms with Crippen LogP contribution in [-0.2, 0) is 14.6 Å². The highest BCUT2D eigenvalue weighted by atomic mass is 35.5. The number of fused-ring (bicyclic) bond motifs is 5. The molecule has 0 unspecified atom stereocenters. The van der Waals surface area contributed by atoms with E-state index in [0.717, 1.165) is 50.2 Å². The van der Waals surface area contributed by atoms with E-state index in [-0.39, 0.29) is 75.1 Å². The summed E-state index contributed by atoms with van der Waals surface area (Å²) in [4.78, 5) is 41.8. The topological polar surface area (TPSA) is 202 Å². The SMILES string of the molecule is C[C@@H]1CN(c2c(C(N)=O)ccc(N3CCN(CC4=C(c5ccc(Cl)cc5)CC(C)(C)CC4)CC3)c2S(=O)(=O)c2cc3c(c([N+](=O)[O-])c2)N[C@@H](CN2C[C@H]4C[C@@H]2CO4)CO3)c2cc3cc[nH]c3nc2O1. The number of carbonyl (C=O) groups excluding carboxylic acids is 1. The van der Waals surface area contributed by atoms with E-state index >= 15 is 8.42 Å². The molecule has 11 rings (SSSR count). The Balaban J connectivity index is 0.991. The lowest BCUT2D eigenvalue weighted by Gasteiger charge is -2.41. The smallest absolute Gasteiger partial charge is 0.297 e. The number of allylic oxidation sites excluding steroid dienone is 1. The molecule has 1 aliphatic carbocycles. The molecule has 5 aliphatic heterocycles. The number of benzene rings is 3. The first kappa shape index (κ1) is 45.5. The summed E-state index contributed by atoms with van der Waals surface area (Å²) in [5.74, 6) is -0.550. The summed E-state index contributed by atoms with van der Waals surface area (Å²) in [5, 5.41) is 17.7. The third kappa shape index (κ3) is 8.53. The standard InChI is InChI=1S/C50H56ClN9O8S/c1-29-23-59(42-18-31-11-13-53-48(31)55-49(42)68-29)45-38(47(52)61)8-9-40(57-16-14-56(15-17-57)24-32-10-12-50(2,3)22-39(32)30-4-6-33(51)7-5-30)46(45)69(64,65)37-20-41(60(62)63)44-43(21-37)67-27-34(54-44)25-58-26-36-19-35(58)28-66-36/h4-9,11,13,18,20-21,29,34-36,54H,10,12,14-17,19,22-28H2,1-3H3,(H2,52,61)(H,53,55)/t29-,34+,35-,36-/m1/s1. The Bertz CT molecular complexity index is 3030. The largest absolute Gasteiger partial charge is 0.489 e. The molecule has 0 saturated carbocycles. The van der Waals surface area contributed by atoms with Crippen molar-refractivity contribution in [2.24, 2.45) is 11.1 Å². The fraction of sp³-hybridized carbons (Fsp3) is 0.440. The number of anilines is 4. The third-order valence-electron chi connectivity index (χ3n) is 14.8. The molecule has 3 aromatic carbocycles. The predicted molar refractivity (Wildman–Crippen MR) is 264 cm³/mol. The molecule has 19 heteroatoms. The van der Waals surface area contributed by atoms with E-state index in [9.17, 15) is 14.9 Å². The molecule has 0 radical (unpaired) electrons. The molecule has 3 fully saturated rings. The fourth-order valence-corrected chi connectivity index (χ4v) is 13.1. The minimum Gasteiger partial charge on any atom is -0.489 e. The van der Waals surface area contributed by atoms with Crippen molar-refractivity contribution in [3.63, 3.8) is 0 Å². The van der Waals surface area contributed by atoms with Crippen LogP contribution in [-0.4, -0.2) is 129 Å². The van der Waals surface area contributed by atoms with Gasteiger partial charge in [0.1, 0.15) is 28.9 Å². The summed E-state index contributed by atoms with van der Waals surface area (Å²) in [6.45, 7) is 11.7. The van der Waals surface area contributed by atoms with E-state index in [2.05, 4.69) is 46.1 Å². The van der Waals surface area contributed by atoms with Gasteiger partial charge in [-0.15, -0.1) is 0 Å². The minimum atomic E-state index is -4.75. The number of likely N-dealkylation sites (tertiary alicyclic amines) is 1. The molecule has 1 amide bonds. The van der Waals surface area contributed by atoms with Crippen molar-refractivity contribution >= 4 is 72.4 Å². The molecule has 4 atom stereocenters. The number of morpholine rings is 1. The Morgan fingerprint density at radius 3 is 2.55 bits per heavy atom. The van der Waals surface area contributed by atoms with Gasteiger partial charge in [-0.05, 0) is 85.6 Å². The highest BCUT2D eigenvalue weighted by Gasteiger charge is 2.43. The molecule has 0 spiro atoms. The van der Waals surface area contributed by atoms with Gasteiger partial charge in [-0.2, -0.15) is 4.98 Å². The number of carbonyl (C=O) groups is 1. The average molecular weight is 979 g/mol. The molecule has 4 N–H and O–H groups in total. The van der Waals surface area contributed by atoms with Crippen molar-refractivity contribution in [3.8, 4) is 11.6 Å². The van der Waals surface area contributed by atoms with Gasteiger partial charge in [0.05, 0.1) is 52.1 Å². The maximum absolute atomic E-state index is 15.9. The first-order chi connectivity index (χ1) is 33.1. The van der Waals surface area contributed by atoms with E-state index in [4.69, 9.17) is 36.5 Å². The number of nitro groups is 1. The Labute approximate surface area is 405 Å². The van der Waals surface area contributed by atoms with Crippen LogP contribution < -0.4 is 30.3 Å². The Hall–Kier alpha value is -5.92. The quantitative estimate of drug-likeness (QED) is 0.0873. The molecular weight excluding hydrogens is 922 g/mol. The van der Waals surface area contributed by atoms with Gasteiger partial charge in [0, 0.05) is 80.6 Å². The number of H-pyrrole nitrogens is 1. The number of nitrogens with two attached hydrogens (primary N) is 1. The summed E-state index contributed by atoms with van der Waals surface area (Å²) >= 11 is 6.30. The van der Waals surface area contributed by atoms with Crippen LogP contribution in [0.1, 0.15) is 62.4 Å². The van der Waals surface area contributed by atoms with Crippen molar-refractivity contribution in [2.45, 2.75) is 80.5 Å². The van der Waals surface area contributed by atoms with Gasteiger partial charge < -0.3 is 40.0 Å². The molecule has 2 bridgehead atoms. The second-order valence-electron chi connectivity index (χ2n) is 20.2. The summed E-state index contributed by atoms with van der Waals surface area (Å²) in [7, 11) is -4.75. The number of amides is 1. The number of nitrogens with zero attached hydrogens (tertiary/aromatic N) is 6. The van der Waals surface area contributed by atoms with Crippen molar-refractivity contribution < 1.29 is 32.3 Å². The van der Waals surface area contributed by atoms with Crippen molar-refractivity contribution in [1.82, 2.24) is 19.8 Å². The van der Waals surface area contributed by atoms with E-state index in [1.54, 1.807) is 23.2 Å². The Kier molecular flexibility index (Phi) is 11.5. The van der Waals surface area contributed by atoms with Crippen LogP contribution in [0.25, 0.3) is 16.6 Å². The lowest BCUT2D eigenvalue weighted by molar-refractivity contribution is -0.384. The van der Waals surface area contributed by atoms with E-state index in [1.807, 2.05) is 36.1 Å². The maximum Gasteiger partial charge on any atom is 0.297 e. The average Bonchev–Trinajstić information content (AvgIpc) is 4.09. The van der Waals surface area contributed by atoms with Gasteiger partial charge in [-0.3, -0.25) is 24.7 Å². The molecule has 3 saturated heterocycles. The van der Waals surface area contributed by atoms with Crippen LogP contribution in [0, 0.1) is 15.5 Å². The zero-order chi connectivity index (χ0) is 47.9. The van der Waals surface area contributed by atoms with Crippen LogP contribution >= 0.6 is 11.6 Å². The van der Waals surface area contributed by atoms with Gasteiger partial charge in [0.2, 0.25) is 15.7 Å². The van der Waals surface area contributed by atoms with Gasteiger partial charge in [-0.1, -0.05) is 43.2 Å². The lowest BCUT2D eigenvalue weighted by Crippen LogP contribution is -2.47. The van der Waals surface area contributed by atoms with Crippen LogP contribution in [0.15, 0.2) is 82.2 Å². The van der Waals surface area contributed by atoms with Gasteiger partial charge >= 0.3 is 0 Å². The molecule has 5 aromatic rings. The fourth-order valence-electron chi connectivity index (χ4n) is 11.2. The summed E-state index contributed by atoms with van der Waals surface area (Å²) in [6.07, 6.45) is 5.37. The molecular formula is C50H56ClN9O8S. The number of nitro benzene ring substituents is 1. The molecule has 6 aliphatic rings. The second kappa shape index (κ2) is 17.5. The van der Waals surface area contributed by atoms with Crippen LogP contribution in [0.4, 0.5) is 28.4 Å². The number of nitrogens with one attached hydrogen (secondary N) is 2. The number of aromatic amines is 1. The molecule has 69 heavy (non-hydrogen) atoms. The number of primary amides is 1. The van der Waals surface area contributed by atoms with Gasteiger partial charge in [0.25, 0.3) is 11.6 Å². The van der Waals surface area contributed by atoms with E-state index in [1.165, 1.54) is 22.8 Å². The highest BCUT2D eigenvalue weighted by molar-refractivity contribution is 7.91. The zero-order valence-corrected chi connectivity index (χ0v) is 40.4. The number of rotatable bonds is 11. The highest BCUT2D eigenvalue weighted by Crippen LogP contribution is 2.50. The number of hydrogen-bond acceptors (Lipinski definition) is 14. The first-order valence-electron chi connectivity index (χ1n) is 23.7. The minimum absolute atomic E-state index is 0.0405. The second-order valence-corrected chi connectivity index (χ2v) is 22.5. The zero-order valence-electron chi connectivity index (χ0n) is 38.9. The van der Waals surface area contributed by atoms with Crippen LogP contribution in [0.3, 0.4) is 0 Å². The van der Waals surface area contributed by atoms with Gasteiger partial charge in [-0.25, -0.2) is 8.42 Å². The van der Waals surface area contributed by atoms with Crippen molar-refractivity contribution in [1.29, 1.82) is 0 Å². The van der Waals surface area contributed by atoms with Crippen LogP contribution in [0.5, 0.6) is 11.6 Å². The van der Waals surface area contributed by atoms with E-state index < -0.39 is 32.5 Å². The molecule has 7 heterocycles. The number of piperazine rings is 1. The maximum atomic E-state index is 15.9. The van der Waals surface area contributed by atoms with Crippen molar-refractivity contribution in [2.75, 3.05) is 80.7 Å². The molecule has 2 aromatic heterocycles. The molecule has 362 valence electrons. The monoisotopic (exact) mass is 977 g/mol. The van der Waals surface area contributed by atoms with Crippen LogP contribution in [0.2, 0.25) is 5.02 Å². The summed E-state index contributed by atoms with van der Waals surface area (Å²) in [6, 6.07) is 17.4. The lowest BCUT2D eigenvalue weighted by atomic mass is 9.72. The Morgan fingerprint density at radius 1 is 1.03 bits per heavy atom.